The lowest BCUT2D eigenvalue weighted by Gasteiger charge is -2.43. The molecule has 0 unspecified atom stereocenters. The maximum atomic E-state index is 13.0. The minimum Gasteiger partial charge on any atom is -0.458 e. The van der Waals surface area contributed by atoms with Crippen LogP contribution in [0.2, 0.25) is 0 Å². The number of benzene rings is 2. The molecule has 1 amide bonds. The predicted molar refractivity (Wildman–Crippen MR) is 177 cm³/mol. The van der Waals surface area contributed by atoms with Crippen molar-refractivity contribution in [2.24, 2.45) is 11.8 Å². The highest BCUT2D eigenvalue weighted by atomic mass is 16.7. The highest BCUT2D eigenvalue weighted by Gasteiger charge is 2.49. The van der Waals surface area contributed by atoms with Crippen LogP contribution in [-0.2, 0) is 41.7 Å². The summed E-state index contributed by atoms with van der Waals surface area (Å²) in [6.45, 7) is 10.7. The van der Waals surface area contributed by atoms with E-state index in [1.54, 1.807) is 13.3 Å². The molecular formula is C34H39N5O10. The van der Waals surface area contributed by atoms with Crippen molar-refractivity contribution in [1.29, 1.82) is 0 Å². The molecule has 4 aromatic rings. The summed E-state index contributed by atoms with van der Waals surface area (Å²) < 4.78 is 30.4. The number of nitrogens with zero attached hydrogens (tertiary/aromatic N) is 4. The fraction of sp³-hybridized carbons (Fsp3) is 0.441. The zero-order valence-corrected chi connectivity index (χ0v) is 28.1. The van der Waals surface area contributed by atoms with Crippen molar-refractivity contribution in [3.63, 3.8) is 0 Å². The minimum atomic E-state index is -1.32. The minimum absolute atomic E-state index is 0.189. The summed E-state index contributed by atoms with van der Waals surface area (Å²) in [6.07, 6.45) is -2.52. The SMILES string of the molecule is CC[C@H]1O[C@H](Oc2ccc(COC(=O)Nc3nc4ccccc4c4c3ncn4CC(C)C)cc2[N+](=O)[O-])[C@@H](OC(C)=O)[C@@H](OC(C)=O)[C@@H]1C. The van der Waals surface area contributed by atoms with Crippen molar-refractivity contribution in [3.05, 3.63) is 64.5 Å². The van der Waals surface area contributed by atoms with Gasteiger partial charge < -0.3 is 28.3 Å². The number of fused-ring (bicyclic) bond motifs is 3. The number of para-hydroxylation sites is 1. The van der Waals surface area contributed by atoms with Crippen LogP contribution >= 0.6 is 0 Å². The number of carbonyl (C=O) groups is 3. The first-order chi connectivity index (χ1) is 23.4. The van der Waals surface area contributed by atoms with Crippen molar-refractivity contribution >= 4 is 51.5 Å². The van der Waals surface area contributed by atoms with Crippen LogP contribution in [0.5, 0.6) is 5.75 Å². The molecule has 1 saturated heterocycles. The molecule has 5 atom stereocenters. The van der Waals surface area contributed by atoms with Crippen LogP contribution in [0.3, 0.4) is 0 Å². The molecule has 0 aliphatic carbocycles. The second-order valence-electron chi connectivity index (χ2n) is 12.3. The van der Waals surface area contributed by atoms with Gasteiger partial charge in [0.1, 0.15) is 18.2 Å². The topological polar surface area (TPSA) is 183 Å². The zero-order chi connectivity index (χ0) is 35.4. The first-order valence-corrected chi connectivity index (χ1v) is 16.0. The molecule has 2 aromatic carbocycles. The molecule has 3 heterocycles. The summed E-state index contributed by atoms with van der Waals surface area (Å²) >= 11 is 0. The van der Waals surface area contributed by atoms with Gasteiger partial charge in [-0.1, -0.05) is 52.0 Å². The summed E-state index contributed by atoms with van der Waals surface area (Å²) in [7, 11) is 0. The van der Waals surface area contributed by atoms with Crippen molar-refractivity contribution in [2.75, 3.05) is 5.32 Å². The molecule has 15 heteroatoms. The third-order valence-electron chi connectivity index (χ3n) is 8.08. The Bertz CT molecular complexity index is 1870. The summed E-state index contributed by atoms with van der Waals surface area (Å²) in [5, 5.41) is 15.7. The molecule has 0 saturated carbocycles. The van der Waals surface area contributed by atoms with E-state index in [-0.39, 0.29) is 24.1 Å². The number of amides is 1. The van der Waals surface area contributed by atoms with Crippen LogP contribution in [0.1, 0.15) is 53.5 Å². The van der Waals surface area contributed by atoms with E-state index >= 15 is 0 Å². The van der Waals surface area contributed by atoms with E-state index < -0.39 is 53.2 Å². The number of imidazole rings is 1. The predicted octanol–water partition coefficient (Wildman–Crippen LogP) is 5.91. The number of esters is 2. The number of pyridine rings is 1. The van der Waals surface area contributed by atoms with Gasteiger partial charge in [0.15, 0.2) is 11.6 Å². The molecule has 0 spiro atoms. The average molecular weight is 678 g/mol. The van der Waals surface area contributed by atoms with Crippen molar-refractivity contribution < 1.29 is 43.0 Å². The molecule has 1 aliphatic heterocycles. The number of hydrogen-bond donors (Lipinski definition) is 1. The zero-order valence-electron chi connectivity index (χ0n) is 28.1. The van der Waals surface area contributed by atoms with Crippen LogP contribution in [0.4, 0.5) is 16.3 Å². The van der Waals surface area contributed by atoms with Gasteiger partial charge in [-0.2, -0.15) is 0 Å². The van der Waals surface area contributed by atoms with Gasteiger partial charge in [-0.05, 0) is 30.0 Å². The monoisotopic (exact) mass is 677 g/mol. The molecule has 1 fully saturated rings. The highest BCUT2D eigenvalue weighted by molar-refractivity contribution is 6.08. The number of aromatic nitrogens is 3. The maximum Gasteiger partial charge on any atom is 0.413 e. The summed E-state index contributed by atoms with van der Waals surface area (Å²) in [5.74, 6) is -1.25. The Kier molecular flexibility index (Phi) is 10.6. The second kappa shape index (κ2) is 14.8. The smallest absolute Gasteiger partial charge is 0.413 e. The first kappa shape index (κ1) is 35.0. The van der Waals surface area contributed by atoms with Crippen LogP contribution in [-0.4, -0.2) is 62.1 Å². The van der Waals surface area contributed by atoms with E-state index in [1.807, 2.05) is 35.8 Å². The molecule has 2 aromatic heterocycles. The lowest BCUT2D eigenvalue weighted by Crippen LogP contribution is -2.58. The Labute approximate surface area is 282 Å². The van der Waals surface area contributed by atoms with E-state index in [2.05, 4.69) is 29.1 Å². The number of ether oxygens (including phenoxy) is 5. The molecule has 5 rings (SSSR count). The standard InChI is InChI=1S/C34H39N5O10/c1-7-26-19(4)30(46-20(5)40)31(47-21(6)41)33(48-26)49-27-13-12-22(14-25(27)39(43)44)16-45-34(42)37-32-28-29(38(17-35-28)15-18(2)3)23-10-8-9-11-24(23)36-32/h8-14,17-19,26,30-31,33H,7,15-16H2,1-6H3,(H,36,37,42)/t19-,26-,30+,31+,33-/m1/s1. The summed E-state index contributed by atoms with van der Waals surface area (Å²) in [5.41, 5.74) is 1.85. The number of nitrogens with one attached hydrogen (secondary N) is 1. The number of anilines is 1. The van der Waals surface area contributed by atoms with Crippen LogP contribution < -0.4 is 10.1 Å². The van der Waals surface area contributed by atoms with Crippen LogP contribution in [0, 0.1) is 22.0 Å². The number of nitro groups is 1. The lowest BCUT2D eigenvalue weighted by atomic mass is 9.89. The Morgan fingerprint density at radius 1 is 1.08 bits per heavy atom. The molecule has 49 heavy (non-hydrogen) atoms. The average Bonchev–Trinajstić information content (AvgIpc) is 3.46. The molecule has 15 nitrogen and oxygen atoms in total. The van der Waals surface area contributed by atoms with E-state index in [0.717, 1.165) is 17.4 Å². The van der Waals surface area contributed by atoms with Gasteiger partial charge in [-0.3, -0.25) is 25.0 Å². The fourth-order valence-electron chi connectivity index (χ4n) is 5.99. The van der Waals surface area contributed by atoms with Crippen molar-refractivity contribution in [2.45, 2.75) is 85.7 Å². The molecular weight excluding hydrogens is 638 g/mol. The largest absolute Gasteiger partial charge is 0.458 e. The Morgan fingerprint density at radius 3 is 2.47 bits per heavy atom. The Balaban J connectivity index is 1.34. The number of carbonyl (C=O) groups excluding carboxylic acids is 3. The number of rotatable bonds is 11. The van der Waals surface area contributed by atoms with Gasteiger partial charge in [0.25, 0.3) is 0 Å². The number of hydrogen-bond acceptors (Lipinski definition) is 12. The van der Waals surface area contributed by atoms with Gasteiger partial charge in [0.2, 0.25) is 12.4 Å². The third kappa shape index (κ3) is 7.88. The van der Waals surface area contributed by atoms with Crippen LogP contribution in [0.25, 0.3) is 21.9 Å². The quantitative estimate of drug-likeness (QED) is 0.0858. The normalized spacial score (nSPS) is 20.6. The Hall–Kier alpha value is -5.31. The van der Waals surface area contributed by atoms with Crippen LogP contribution in [0.15, 0.2) is 48.8 Å². The molecule has 260 valence electrons. The third-order valence-corrected chi connectivity index (χ3v) is 8.08. The van der Waals surface area contributed by atoms with Gasteiger partial charge in [0.05, 0.1) is 28.4 Å². The lowest BCUT2D eigenvalue weighted by molar-refractivity contribution is -0.387. The van der Waals surface area contributed by atoms with Gasteiger partial charge in [0, 0.05) is 37.8 Å². The second-order valence-corrected chi connectivity index (χ2v) is 12.3. The summed E-state index contributed by atoms with van der Waals surface area (Å²) in [4.78, 5) is 57.4. The van der Waals surface area contributed by atoms with Crippen molar-refractivity contribution in [3.8, 4) is 5.75 Å². The van der Waals surface area contributed by atoms with E-state index in [1.165, 1.54) is 32.0 Å². The van der Waals surface area contributed by atoms with Gasteiger partial charge >= 0.3 is 23.7 Å². The van der Waals surface area contributed by atoms with E-state index in [4.69, 9.17) is 23.7 Å². The maximum absolute atomic E-state index is 13.0. The molecule has 1 aliphatic rings. The van der Waals surface area contributed by atoms with Gasteiger partial charge in [-0.25, -0.2) is 14.8 Å². The molecule has 0 bridgehead atoms. The highest BCUT2D eigenvalue weighted by Crippen LogP contribution is 2.36. The molecule has 0 radical (unpaired) electrons. The Morgan fingerprint density at radius 2 is 1.80 bits per heavy atom. The first-order valence-electron chi connectivity index (χ1n) is 16.0. The molecule has 1 N–H and O–H groups in total. The summed E-state index contributed by atoms with van der Waals surface area (Å²) in [6, 6.07) is 11.6. The van der Waals surface area contributed by atoms with Crippen molar-refractivity contribution in [1.82, 2.24) is 14.5 Å². The number of nitro benzene ring substituents is 1. The van der Waals surface area contributed by atoms with Gasteiger partial charge in [-0.15, -0.1) is 0 Å². The fourth-order valence-corrected chi connectivity index (χ4v) is 5.99. The van der Waals surface area contributed by atoms with E-state index in [9.17, 15) is 24.5 Å². The van der Waals surface area contributed by atoms with E-state index in [0.29, 0.717) is 28.9 Å².